The molecule has 0 aliphatic carbocycles. The Labute approximate surface area is 80.5 Å². The molecule has 0 amide bonds. The van der Waals surface area contributed by atoms with Crippen LogP contribution in [0.5, 0.6) is 0 Å². The second-order valence-electron chi connectivity index (χ2n) is 2.91. The van der Waals surface area contributed by atoms with E-state index >= 15 is 0 Å². The first-order chi connectivity index (χ1) is 6.18. The Morgan fingerprint density at radius 1 is 1.08 bits per heavy atom. The molecule has 13 heavy (non-hydrogen) atoms. The fraction of sp³-hybridized carbons (Fsp3) is 1.00. The van der Waals surface area contributed by atoms with Gasteiger partial charge in [-0.25, -0.2) is 0 Å². The Morgan fingerprint density at radius 3 is 1.69 bits per heavy atom. The summed E-state index contributed by atoms with van der Waals surface area (Å²) in [5, 5.41) is 16.2. The molecule has 0 fully saturated rings. The van der Waals surface area contributed by atoms with Gasteiger partial charge in [0.25, 0.3) is 0 Å². The first-order valence-corrected chi connectivity index (χ1v) is 4.47. The van der Waals surface area contributed by atoms with Crippen molar-refractivity contribution < 1.29 is 19.7 Å². The van der Waals surface area contributed by atoms with E-state index in [0.717, 1.165) is 6.61 Å². The molecule has 0 spiro atoms. The van der Waals surface area contributed by atoms with E-state index in [9.17, 15) is 0 Å². The third-order valence-electron chi connectivity index (χ3n) is 0.971. The van der Waals surface area contributed by atoms with Crippen molar-refractivity contribution in [2.45, 2.75) is 13.8 Å². The summed E-state index contributed by atoms with van der Waals surface area (Å²) >= 11 is 0. The minimum Gasteiger partial charge on any atom is -0.394 e. The molecule has 0 saturated heterocycles. The minimum absolute atomic E-state index is 0.0278. The van der Waals surface area contributed by atoms with Crippen LogP contribution in [0.4, 0.5) is 0 Å². The SMILES string of the molecule is COCC(C)C.OCCOCCO. The molecule has 0 aromatic carbocycles. The van der Waals surface area contributed by atoms with Gasteiger partial charge in [-0.05, 0) is 5.92 Å². The topological polar surface area (TPSA) is 58.9 Å². The Hall–Kier alpha value is -0.160. The van der Waals surface area contributed by atoms with E-state index in [1.165, 1.54) is 0 Å². The molecule has 2 N–H and O–H groups in total. The molecule has 0 aliphatic rings. The maximum absolute atomic E-state index is 8.09. The van der Waals surface area contributed by atoms with Gasteiger partial charge in [-0.15, -0.1) is 0 Å². The van der Waals surface area contributed by atoms with Gasteiger partial charge in [0.1, 0.15) is 0 Å². The Morgan fingerprint density at radius 2 is 1.54 bits per heavy atom. The fourth-order valence-electron chi connectivity index (χ4n) is 0.564. The smallest absolute Gasteiger partial charge is 0.0698 e. The lowest BCUT2D eigenvalue weighted by Gasteiger charge is -1.97. The van der Waals surface area contributed by atoms with E-state index < -0.39 is 0 Å². The first kappa shape index (κ1) is 15.3. The van der Waals surface area contributed by atoms with E-state index in [1.54, 1.807) is 7.11 Å². The van der Waals surface area contributed by atoms with Crippen LogP contribution in [-0.4, -0.2) is 50.4 Å². The maximum Gasteiger partial charge on any atom is 0.0698 e. The molecule has 4 nitrogen and oxygen atoms in total. The molecule has 0 rings (SSSR count). The van der Waals surface area contributed by atoms with Gasteiger partial charge in [-0.1, -0.05) is 13.8 Å². The molecule has 0 aliphatic heterocycles. The molecule has 82 valence electrons. The highest BCUT2D eigenvalue weighted by Crippen LogP contribution is 1.88. The molecule has 0 unspecified atom stereocenters. The lowest BCUT2D eigenvalue weighted by molar-refractivity contribution is 0.0650. The van der Waals surface area contributed by atoms with Crippen LogP contribution in [0.25, 0.3) is 0 Å². The summed E-state index contributed by atoms with van der Waals surface area (Å²) in [6, 6.07) is 0. The van der Waals surface area contributed by atoms with E-state index in [0.29, 0.717) is 19.1 Å². The summed E-state index contributed by atoms with van der Waals surface area (Å²) in [5.41, 5.74) is 0. The monoisotopic (exact) mass is 194 g/mol. The number of ether oxygens (including phenoxy) is 2. The molecular formula is C9H22O4. The van der Waals surface area contributed by atoms with Gasteiger partial charge in [0, 0.05) is 13.7 Å². The van der Waals surface area contributed by atoms with Gasteiger partial charge in [-0.3, -0.25) is 0 Å². The Kier molecular flexibility index (Phi) is 16.9. The van der Waals surface area contributed by atoms with Crippen molar-refractivity contribution in [3.63, 3.8) is 0 Å². The lowest BCUT2D eigenvalue weighted by Crippen LogP contribution is -2.03. The zero-order valence-corrected chi connectivity index (χ0v) is 8.82. The highest BCUT2D eigenvalue weighted by molar-refractivity contribution is 4.35. The van der Waals surface area contributed by atoms with Gasteiger partial charge in [0.05, 0.1) is 26.4 Å². The Bertz CT molecular complexity index is 72.0. The molecule has 0 saturated carbocycles. The zero-order valence-electron chi connectivity index (χ0n) is 8.82. The van der Waals surface area contributed by atoms with Gasteiger partial charge < -0.3 is 19.7 Å². The van der Waals surface area contributed by atoms with Crippen molar-refractivity contribution in [2.75, 3.05) is 40.1 Å². The maximum atomic E-state index is 8.09. The van der Waals surface area contributed by atoms with Gasteiger partial charge in [-0.2, -0.15) is 0 Å². The van der Waals surface area contributed by atoms with Crippen molar-refractivity contribution in [1.29, 1.82) is 0 Å². The van der Waals surface area contributed by atoms with Crippen molar-refractivity contribution in [1.82, 2.24) is 0 Å². The van der Waals surface area contributed by atoms with Crippen LogP contribution in [0.3, 0.4) is 0 Å². The third kappa shape index (κ3) is 24.5. The highest BCUT2D eigenvalue weighted by atomic mass is 16.5. The molecular weight excluding hydrogens is 172 g/mol. The van der Waals surface area contributed by atoms with Crippen LogP contribution in [0.15, 0.2) is 0 Å². The summed E-state index contributed by atoms with van der Waals surface area (Å²) in [7, 11) is 1.72. The van der Waals surface area contributed by atoms with Gasteiger partial charge >= 0.3 is 0 Å². The average Bonchev–Trinajstić information content (AvgIpc) is 2.06. The van der Waals surface area contributed by atoms with Gasteiger partial charge in [0.2, 0.25) is 0 Å². The van der Waals surface area contributed by atoms with E-state index in [2.05, 4.69) is 18.6 Å². The molecule has 0 aromatic rings. The van der Waals surface area contributed by atoms with Crippen LogP contribution in [-0.2, 0) is 9.47 Å². The minimum atomic E-state index is 0.0278. The summed E-state index contributed by atoms with van der Waals surface area (Å²) in [4.78, 5) is 0. The average molecular weight is 194 g/mol. The van der Waals surface area contributed by atoms with Gasteiger partial charge in [0.15, 0.2) is 0 Å². The molecule has 0 atom stereocenters. The summed E-state index contributed by atoms with van der Waals surface area (Å²) in [5.74, 6) is 0.676. The van der Waals surface area contributed by atoms with Crippen molar-refractivity contribution in [3.05, 3.63) is 0 Å². The largest absolute Gasteiger partial charge is 0.394 e. The third-order valence-corrected chi connectivity index (χ3v) is 0.971. The standard InChI is InChI=1S/C5H12O.C4H10O3/c1-5(2)4-6-3;5-1-3-7-4-2-6/h5H,4H2,1-3H3;5-6H,1-4H2. The fourth-order valence-corrected chi connectivity index (χ4v) is 0.564. The number of rotatable bonds is 6. The molecule has 0 heterocycles. The predicted octanol–water partition coefficient (Wildman–Crippen LogP) is 0.276. The van der Waals surface area contributed by atoms with E-state index in [4.69, 9.17) is 14.9 Å². The lowest BCUT2D eigenvalue weighted by atomic mass is 10.2. The van der Waals surface area contributed by atoms with E-state index in [-0.39, 0.29) is 13.2 Å². The summed E-state index contributed by atoms with van der Waals surface area (Å²) in [6.07, 6.45) is 0. The molecule has 0 aromatic heterocycles. The zero-order chi connectivity index (χ0) is 10.5. The van der Waals surface area contributed by atoms with Crippen molar-refractivity contribution >= 4 is 0 Å². The van der Waals surface area contributed by atoms with Crippen LogP contribution in [0.1, 0.15) is 13.8 Å². The van der Waals surface area contributed by atoms with Crippen LogP contribution in [0.2, 0.25) is 0 Å². The van der Waals surface area contributed by atoms with Crippen LogP contribution in [0, 0.1) is 5.92 Å². The first-order valence-electron chi connectivity index (χ1n) is 4.47. The second-order valence-corrected chi connectivity index (χ2v) is 2.91. The second kappa shape index (κ2) is 14.4. The van der Waals surface area contributed by atoms with Crippen LogP contribution >= 0.6 is 0 Å². The number of aliphatic hydroxyl groups is 2. The highest BCUT2D eigenvalue weighted by Gasteiger charge is 1.85. The van der Waals surface area contributed by atoms with Crippen LogP contribution < -0.4 is 0 Å². The number of methoxy groups -OCH3 is 1. The number of hydrogen-bond donors (Lipinski definition) is 2. The number of hydrogen-bond acceptors (Lipinski definition) is 4. The quantitative estimate of drug-likeness (QED) is 0.596. The summed E-state index contributed by atoms with van der Waals surface area (Å²) in [6.45, 7) is 5.83. The molecule has 0 radical (unpaired) electrons. The Balaban J connectivity index is 0. The number of aliphatic hydroxyl groups excluding tert-OH is 2. The summed E-state index contributed by atoms with van der Waals surface area (Å²) < 4.78 is 9.44. The van der Waals surface area contributed by atoms with Crippen molar-refractivity contribution in [2.24, 2.45) is 5.92 Å². The van der Waals surface area contributed by atoms with Crippen molar-refractivity contribution in [3.8, 4) is 0 Å². The normalized spacial score (nSPS) is 9.69. The molecule has 0 bridgehead atoms. The predicted molar refractivity (Wildman–Crippen MR) is 51.7 cm³/mol. The molecule has 4 heteroatoms. The van der Waals surface area contributed by atoms with E-state index in [1.807, 2.05) is 0 Å².